The van der Waals surface area contributed by atoms with Crippen LogP contribution in [-0.2, 0) is 0 Å². The fourth-order valence-corrected chi connectivity index (χ4v) is 2.65. The van der Waals surface area contributed by atoms with Crippen LogP contribution in [0.1, 0.15) is 72.1 Å². The maximum Gasteiger partial charge on any atom is -0.000654 e. The summed E-state index contributed by atoms with van der Waals surface area (Å²) in [6, 6.07) is 0. The van der Waals surface area contributed by atoms with Crippen LogP contribution in [0.25, 0.3) is 0 Å². The summed E-state index contributed by atoms with van der Waals surface area (Å²) in [6.07, 6.45) is 10.4. The molecule has 0 aliphatic heterocycles. The Morgan fingerprint density at radius 2 is 0.857 bits per heavy atom. The topological polar surface area (TPSA) is 32.5 Å². The zero-order valence-corrected chi connectivity index (χ0v) is 15.1. The minimum atomic E-state index is 0.821. The Morgan fingerprint density at radius 3 is 1.19 bits per heavy atom. The van der Waals surface area contributed by atoms with Crippen molar-refractivity contribution >= 4 is 0 Å². The van der Waals surface area contributed by atoms with Crippen molar-refractivity contribution in [2.45, 2.75) is 72.1 Å². The average molecular weight is 300 g/mol. The van der Waals surface area contributed by atoms with Gasteiger partial charge >= 0.3 is 0 Å². The molecule has 0 aliphatic rings. The Hall–Kier alpha value is -0.120. The smallest absolute Gasteiger partial charge is 0.000654 e. The summed E-state index contributed by atoms with van der Waals surface area (Å²) in [5, 5.41) is 0. The molecule has 21 heavy (non-hydrogen) atoms. The minimum absolute atomic E-state index is 0.821. The molecule has 0 saturated carbocycles. The Kier molecular flexibility index (Phi) is 16.2. The standard InChI is InChI=1S/C18H41N3/c1-4-7-13-20(14-8-5-2)17-11-18-21(15-9-6-3)16-10-12-19/h4-19H2,1-3H3. The molecule has 0 saturated heterocycles. The summed E-state index contributed by atoms with van der Waals surface area (Å²) in [4.78, 5) is 5.29. The fourth-order valence-electron chi connectivity index (χ4n) is 2.65. The first kappa shape index (κ1) is 20.9. The van der Waals surface area contributed by atoms with Crippen LogP contribution in [0.5, 0.6) is 0 Å². The molecule has 0 amide bonds. The van der Waals surface area contributed by atoms with E-state index in [0.717, 1.165) is 13.0 Å². The SMILES string of the molecule is CCCCN(CCCC)CCCN(CCCC)CCCN. The van der Waals surface area contributed by atoms with Crippen LogP contribution in [0.3, 0.4) is 0 Å². The summed E-state index contributed by atoms with van der Waals surface area (Å²) < 4.78 is 0. The molecule has 0 aromatic heterocycles. The maximum absolute atomic E-state index is 5.66. The van der Waals surface area contributed by atoms with Gasteiger partial charge in [-0.15, -0.1) is 0 Å². The third kappa shape index (κ3) is 13.3. The number of rotatable bonds is 16. The van der Waals surface area contributed by atoms with E-state index < -0.39 is 0 Å². The van der Waals surface area contributed by atoms with Crippen LogP contribution in [0, 0.1) is 0 Å². The Bertz CT molecular complexity index is 161. The molecule has 0 unspecified atom stereocenters. The fraction of sp³-hybridized carbons (Fsp3) is 1.00. The Morgan fingerprint density at radius 1 is 0.524 bits per heavy atom. The van der Waals surface area contributed by atoms with Gasteiger partial charge in [-0.05, 0) is 77.9 Å². The highest BCUT2D eigenvalue weighted by atomic mass is 15.1. The van der Waals surface area contributed by atoms with E-state index in [4.69, 9.17) is 5.73 Å². The molecule has 0 spiro atoms. The van der Waals surface area contributed by atoms with E-state index in [2.05, 4.69) is 30.6 Å². The molecule has 0 aliphatic carbocycles. The van der Waals surface area contributed by atoms with Crippen LogP contribution in [0.15, 0.2) is 0 Å². The largest absolute Gasteiger partial charge is 0.330 e. The van der Waals surface area contributed by atoms with Crippen molar-refractivity contribution in [1.29, 1.82) is 0 Å². The first-order valence-electron chi connectivity index (χ1n) is 9.43. The molecule has 0 heterocycles. The molecular weight excluding hydrogens is 258 g/mol. The van der Waals surface area contributed by atoms with Gasteiger partial charge < -0.3 is 15.5 Å². The lowest BCUT2D eigenvalue weighted by Crippen LogP contribution is -2.33. The van der Waals surface area contributed by atoms with Crippen LogP contribution >= 0.6 is 0 Å². The van der Waals surface area contributed by atoms with Crippen LogP contribution in [0.2, 0.25) is 0 Å². The van der Waals surface area contributed by atoms with Gasteiger partial charge in [0.2, 0.25) is 0 Å². The summed E-state index contributed by atoms with van der Waals surface area (Å²) in [5.74, 6) is 0. The normalized spacial score (nSPS) is 11.7. The molecule has 3 heteroatoms. The van der Waals surface area contributed by atoms with Gasteiger partial charge in [-0.1, -0.05) is 40.0 Å². The van der Waals surface area contributed by atoms with Crippen molar-refractivity contribution in [1.82, 2.24) is 9.80 Å². The molecule has 0 atom stereocenters. The molecule has 0 fully saturated rings. The van der Waals surface area contributed by atoms with Crippen molar-refractivity contribution in [3.05, 3.63) is 0 Å². The molecule has 0 aromatic carbocycles. The van der Waals surface area contributed by atoms with E-state index in [9.17, 15) is 0 Å². The van der Waals surface area contributed by atoms with Crippen molar-refractivity contribution in [2.75, 3.05) is 45.8 Å². The number of hydrogen-bond acceptors (Lipinski definition) is 3. The van der Waals surface area contributed by atoms with Crippen molar-refractivity contribution in [3.63, 3.8) is 0 Å². The molecule has 3 nitrogen and oxygen atoms in total. The Balaban J connectivity index is 3.96. The van der Waals surface area contributed by atoms with Crippen LogP contribution in [0.4, 0.5) is 0 Å². The predicted octanol–water partition coefficient (Wildman–Crippen LogP) is 3.73. The third-order valence-electron chi connectivity index (χ3n) is 4.11. The molecule has 128 valence electrons. The van der Waals surface area contributed by atoms with Crippen molar-refractivity contribution in [3.8, 4) is 0 Å². The van der Waals surface area contributed by atoms with Gasteiger partial charge in [0.15, 0.2) is 0 Å². The summed E-state index contributed by atoms with van der Waals surface area (Å²) in [5.41, 5.74) is 5.66. The molecule has 0 aromatic rings. The second-order valence-electron chi connectivity index (χ2n) is 6.24. The van der Waals surface area contributed by atoms with E-state index in [0.29, 0.717) is 0 Å². The Labute approximate surface area is 134 Å². The van der Waals surface area contributed by atoms with E-state index in [1.165, 1.54) is 84.2 Å². The maximum atomic E-state index is 5.66. The van der Waals surface area contributed by atoms with Gasteiger partial charge in [0.05, 0.1) is 0 Å². The van der Waals surface area contributed by atoms with Gasteiger partial charge in [0.25, 0.3) is 0 Å². The molecule has 0 radical (unpaired) electrons. The third-order valence-corrected chi connectivity index (χ3v) is 4.11. The number of nitrogens with zero attached hydrogens (tertiary/aromatic N) is 2. The zero-order chi connectivity index (χ0) is 15.8. The van der Waals surface area contributed by atoms with E-state index in [1.54, 1.807) is 0 Å². The van der Waals surface area contributed by atoms with E-state index in [-0.39, 0.29) is 0 Å². The van der Waals surface area contributed by atoms with Crippen LogP contribution in [-0.4, -0.2) is 55.6 Å². The van der Waals surface area contributed by atoms with Crippen molar-refractivity contribution < 1.29 is 0 Å². The van der Waals surface area contributed by atoms with Crippen molar-refractivity contribution in [2.24, 2.45) is 5.73 Å². The second-order valence-corrected chi connectivity index (χ2v) is 6.24. The highest BCUT2D eigenvalue weighted by Gasteiger charge is 2.07. The number of hydrogen-bond donors (Lipinski definition) is 1. The van der Waals surface area contributed by atoms with E-state index in [1.807, 2.05) is 0 Å². The van der Waals surface area contributed by atoms with Gasteiger partial charge in [-0.25, -0.2) is 0 Å². The minimum Gasteiger partial charge on any atom is -0.330 e. The monoisotopic (exact) mass is 299 g/mol. The highest BCUT2D eigenvalue weighted by molar-refractivity contribution is 4.63. The first-order valence-corrected chi connectivity index (χ1v) is 9.43. The molecule has 0 bridgehead atoms. The van der Waals surface area contributed by atoms with Gasteiger partial charge in [0, 0.05) is 0 Å². The lowest BCUT2D eigenvalue weighted by atomic mass is 10.2. The average Bonchev–Trinajstić information content (AvgIpc) is 2.51. The quantitative estimate of drug-likeness (QED) is 0.471. The number of unbranched alkanes of at least 4 members (excludes halogenated alkanes) is 3. The second kappa shape index (κ2) is 16.3. The first-order chi connectivity index (χ1) is 10.3. The van der Waals surface area contributed by atoms with Gasteiger partial charge in [-0.2, -0.15) is 0 Å². The van der Waals surface area contributed by atoms with Gasteiger partial charge in [0.1, 0.15) is 0 Å². The molecular formula is C18H41N3. The summed E-state index contributed by atoms with van der Waals surface area (Å²) >= 11 is 0. The summed E-state index contributed by atoms with van der Waals surface area (Å²) in [6.45, 7) is 15.2. The summed E-state index contributed by atoms with van der Waals surface area (Å²) in [7, 11) is 0. The lowest BCUT2D eigenvalue weighted by Gasteiger charge is -2.25. The van der Waals surface area contributed by atoms with Gasteiger partial charge in [-0.3, -0.25) is 0 Å². The lowest BCUT2D eigenvalue weighted by molar-refractivity contribution is 0.220. The number of nitrogens with two attached hydrogens (primary N) is 1. The molecule has 0 rings (SSSR count). The molecule has 2 N–H and O–H groups in total. The van der Waals surface area contributed by atoms with E-state index >= 15 is 0 Å². The highest BCUT2D eigenvalue weighted by Crippen LogP contribution is 2.03. The zero-order valence-electron chi connectivity index (χ0n) is 15.1. The predicted molar refractivity (Wildman–Crippen MR) is 95.9 cm³/mol. The van der Waals surface area contributed by atoms with Crippen LogP contribution < -0.4 is 5.73 Å².